The van der Waals surface area contributed by atoms with Crippen molar-refractivity contribution >= 4 is 0 Å². The highest BCUT2D eigenvalue weighted by Crippen LogP contribution is 2.44. The minimum absolute atomic E-state index is 0.240. The van der Waals surface area contributed by atoms with Crippen molar-refractivity contribution in [2.75, 3.05) is 20.1 Å². The fourth-order valence-electron chi connectivity index (χ4n) is 3.81. The fraction of sp³-hybridized carbons (Fsp3) is 0.571. The molecule has 1 fully saturated rings. The maximum absolute atomic E-state index is 9.65. The summed E-state index contributed by atoms with van der Waals surface area (Å²) in [5, 5.41) is 9.65. The van der Waals surface area contributed by atoms with E-state index in [0.29, 0.717) is 5.75 Å². The Bertz CT molecular complexity index is 429. The first kappa shape index (κ1) is 10.2. The second-order valence-corrected chi connectivity index (χ2v) is 5.87. The third-order valence-electron chi connectivity index (χ3n) is 4.18. The average Bonchev–Trinajstić information content (AvgIpc) is 2.18. The van der Waals surface area contributed by atoms with E-state index in [2.05, 4.69) is 24.9 Å². The molecule has 1 saturated heterocycles. The Morgan fingerprint density at radius 3 is 3.06 bits per heavy atom. The molecule has 0 spiro atoms. The van der Waals surface area contributed by atoms with Crippen LogP contribution in [0.25, 0.3) is 0 Å². The van der Waals surface area contributed by atoms with Crippen LogP contribution in [0.3, 0.4) is 0 Å². The predicted octanol–water partition coefficient (Wildman–Crippen LogP) is 2.16. The van der Waals surface area contributed by atoms with Crippen LogP contribution in [0.5, 0.6) is 5.75 Å². The number of hydrogen-bond donors (Lipinski definition) is 1. The number of rotatable bonds is 0. The van der Waals surface area contributed by atoms with Crippen molar-refractivity contribution in [3.05, 3.63) is 29.3 Å². The van der Waals surface area contributed by atoms with Gasteiger partial charge in [-0.05, 0) is 49.1 Å². The average molecular weight is 217 g/mol. The van der Waals surface area contributed by atoms with Gasteiger partial charge in [0.2, 0.25) is 0 Å². The molecule has 3 rings (SSSR count). The summed E-state index contributed by atoms with van der Waals surface area (Å²) in [5.41, 5.74) is 3.06. The molecule has 2 heteroatoms. The smallest absolute Gasteiger partial charge is 0.115 e. The van der Waals surface area contributed by atoms with Crippen LogP contribution >= 0.6 is 0 Å². The van der Waals surface area contributed by atoms with Crippen LogP contribution in [-0.4, -0.2) is 30.1 Å². The zero-order chi connectivity index (χ0) is 11.3. The molecule has 0 unspecified atom stereocenters. The number of hydrogen-bond acceptors (Lipinski definition) is 2. The molecular formula is C14H19NO. The van der Waals surface area contributed by atoms with E-state index >= 15 is 0 Å². The van der Waals surface area contributed by atoms with Gasteiger partial charge in [-0.3, -0.25) is 0 Å². The fourth-order valence-corrected chi connectivity index (χ4v) is 3.81. The molecular weight excluding hydrogens is 198 g/mol. The molecule has 1 aromatic carbocycles. The Balaban J connectivity index is 2.12. The van der Waals surface area contributed by atoms with Gasteiger partial charge in [0.1, 0.15) is 5.75 Å². The molecule has 1 aliphatic carbocycles. The van der Waals surface area contributed by atoms with Crippen LogP contribution in [-0.2, 0) is 11.8 Å². The van der Waals surface area contributed by atoms with Gasteiger partial charge in [-0.1, -0.05) is 13.0 Å². The van der Waals surface area contributed by atoms with Gasteiger partial charge in [-0.2, -0.15) is 0 Å². The highest BCUT2D eigenvalue weighted by Gasteiger charge is 2.41. The number of fused-ring (bicyclic) bond motifs is 4. The van der Waals surface area contributed by atoms with E-state index in [1.54, 1.807) is 0 Å². The van der Waals surface area contributed by atoms with Crippen molar-refractivity contribution in [3.63, 3.8) is 0 Å². The molecule has 2 bridgehead atoms. The Morgan fingerprint density at radius 2 is 2.25 bits per heavy atom. The lowest BCUT2D eigenvalue weighted by atomic mass is 9.64. The van der Waals surface area contributed by atoms with Crippen LogP contribution in [0.1, 0.15) is 24.5 Å². The van der Waals surface area contributed by atoms with Crippen molar-refractivity contribution in [3.8, 4) is 5.75 Å². The van der Waals surface area contributed by atoms with Crippen molar-refractivity contribution in [2.45, 2.75) is 25.2 Å². The number of benzene rings is 1. The lowest BCUT2D eigenvalue weighted by molar-refractivity contribution is 0.120. The molecule has 86 valence electrons. The summed E-state index contributed by atoms with van der Waals surface area (Å²) in [5.74, 6) is 1.20. The van der Waals surface area contributed by atoms with Gasteiger partial charge in [0.25, 0.3) is 0 Å². The van der Waals surface area contributed by atoms with E-state index in [0.717, 1.165) is 12.5 Å². The van der Waals surface area contributed by atoms with E-state index in [9.17, 15) is 5.11 Å². The van der Waals surface area contributed by atoms with Crippen LogP contribution in [0.15, 0.2) is 18.2 Å². The van der Waals surface area contributed by atoms with Crippen molar-refractivity contribution in [1.29, 1.82) is 0 Å². The maximum Gasteiger partial charge on any atom is 0.115 e. The number of piperidine rings is 1. The SMILES string of the molecule is CN1C[C@@H]2Cc3ccc(O)cc3[C@](C)(C2)C1. The number of nitrogens with zero attached hydrogens (tertiary/aromatic N) is 1. The standard InChI is InChI=1S/C14H19NO/c1-14-7-10(8-15(2)9-14)5-11-3-4-12(16)6-13(11)14/h3-4,6,10,16H,5,7-9H2,1-2H3/t10-,14-/m1/s1. The van der Waals surface area contributed by atoms with Gasteiger partial charge < -0.3 is 10.0 Å². The maximum atomic E-state index is 9.65. The minimum Gasteiger partial charge on any atom is -0.508 e. The molecule has 2 aliphatic rings. The largest absolute Gasteiger partial charge is 0.508 e. The van der Waals surface area contributed by atoms with Gasteiger partial charge >= 0.3 is 0 Å². The minimum atomic E-state index is 0.240. The Kier molecular flexibility index (Phi) is 2.05. The molecule has 0 radical (unpaired) electrons. The lowest BCUT2D eigenvalue weighted by Crippen LogP contribution is -2.50. The molecule has 1 heterocycles. The summed E-state index contributed by atoms with van der Waals surface area (Å²) in [4.78, 5) is 2.43. The lowest BCUT2D eigenvalue weighted by Gasteiger charge is -2.48. The molecule has 2 nitrogen and oxygen atoms in total. The summed E-state index contributed by atoms with van der Waals surface area (Å²) in [6.07, 6.45) is 2.45. The third kappa shape index (κ3) is 1.44. The first-order valence-electron chi connectivity index (χ1n) is 6.08. The summed E-state index contributed by atoms with van der Waals surface area (Å²) in [6.45, 7) is 4.67. The van der Waals surface area contributed by atoms with E-state index in [1.165, 1.54) is 30.5 Å². The van der Waals surface area contributed by atoms with E-state index < -0.39 is 0 Å². The van der Waals surface area contributed by atoms with Crippen LogP contribution < -0.4 is 0 Å². The second kappa shape index (κ2) is 3.24. The van der Waals surface area contributed by atoms with Crippen LogP contribution in [0, 0.1) is 5.92 Å². The van der Waals surface area contributed by atoms with E-state index in [4.69, 9.17) is 0 Å². The van der Waals surface area contributed by atoms with Gasteiger partial charge in [-0.15, -0.1) is 0 Å². The summed E-state index contributed by atoms with van der Waals surface area (Å²) in [6, 6.07) is 5.91. The number of aromatic hydroxyl groups is 1. The molecule has 0 aromatic heterocycles. The zero-order valence-electron chi connectivity index (χ0n) is 10.0. The summed E-state index contributed by atoms with van der Waals surface area (Å²) in [7, 11) is 2.21. The predicted molar refractivity (Wildman–Crippen MR) is 64.8 cm³/mol. The van der Waals surface area contributed by atoms with Crippen LogP contribution in [0.4, 0.5) is 0 Å². The summed E-state index contributed by atoms with van der Waals surface area (Å²) >= 11 is 0. The number of phenolic OH excluding ortho intramolecular Hbond substituents is 1. The van der Waals surface area contributed by atoms with Gasteiger partial charge in [0, 0.05) is 18.5 Å². The molecule has 0 amide bonds. The highest BCUT2D eigenvalue weighted by atomic mass is 16.3. The molecule has 1 N–H and O–H groups in total. The molecule has 0 saturated carbocycles. The zero-order valence-corrected chi connectivity index (χ0v) is 10.0. The molecule has 1 aromatic rings. The topological polar surface area (TPSA) is 23.5 Å². The Hall–Kier alpha value is -1.02. The second-order valence-electron chi connectivity index (χ2n) is 5.87. The van der Waals surface area contributed by atoms with Gasteiger partial charge in [0.05, 0.1) is 0 Å². The number of likely N-dealkylation sites (tertiary alicyclic amines) is 1. The van der Waals surface area contributed by atoms with Crippen molar-refractivity contribution in [2.24, 2.45) is 5.92 Å². The van der Waals surface area contributed by atoms with Crippen molar-refractivity contribution in [1.82, 2.24) is 4.90 Å². The molecule has 2 atom stereocenters. The molecule has 16 heavy (non-hydrogen) atoms. The first-order valence-corrected chi connectivity index (χ1v) is 6.08. The highest BCUT2D eigenvalue weighted by molar-refractivity contribution is 5.42. The van der Waals surface area contributed by atoms with E-state index in [-0.39, 0.29) is 5.41 Å². The Morgan fingerprint density at radius 1 is 1.44 bits per heavy atom. The normalized spacial score (nSPS) is 33.5. The van der Waals surface area contributed by atoms with Gasteiger partial charge in [-0.25, -0.2) is 0 Å². The number of likely N-dealkylation sites (N-methyl/N-ethyl adjacent to an activating group) is 1. The number of phenols is 1. The van der Waals surface area contributed by atoms with Gasteiger partial charge in [0.15, 0.2) is 0 Å². The summed E-state index contributed by atoms with van der Waals surface area (Å²) < 4.78 is 0. The monoisotopic (exact) mass is 217 g/mol. The van der Waals surface area contributed by atoms with E-state index in [1.807, 2.05) is 12.1 Å². The van der Waals surface area contributed by atoms with Crippen LogP contribution in [0.2, 0.25) is 0 Å². The first-order chi connectivity index (χ1) is 7.57. The molecule has 1 aliphatic heterocycles. The quantitative estimate of drug-likeness (QED) is 0.720. The third-order valence-corrected chi connectivity index (χ3v) is 4.18. The Labute approximate surface area is 96.9 Å². The van der Waals surface area contributed by atoms with Crippen molar-refractivity contribution < 1.29 is 5.11 Å².